The second-order valence-electron chi connectivity index (χ2n) is 8.68. The Kier molecular flexibility index (Phi) is 8.67. The molecule has 0 aromatic carbocycles. The number of hydrogen-bond donors (Lipinski definition) is 6. The van der Waals surface area contributed by atoms with Crippen LogP contribution in [0, 0.1) is 0 Å². The van der Waals surface area contributed by atoms with Crippen LogP contribution in [0.3, 0.4) is 0 Å². The second kappa shape index (κ2) is 11.0. The number of carbonyl (C=O) groups excluding carboxylic acids is 2. The van der Waals surface area contributed by atoms with Gasteiger partial charge in [-0.2, -0.15) is 0 Å². The zero-order valence-electron chi connectivity index (χ0n) is 19.7. The van der Waals surface area contributed by atoms with E-state index in [0.29, 0.717) is 0 Å². The lowest BCUT2D eigenvalue weighted by Crippen LogP contribution is -2.71. The minimum Gasteiger partial charge on any atom is -0.477 e. The summed E-state index contributed by atoms with van der Waals surface area (Å²) in [6, 6.07) is -2.35. The fourth-order valence-corrected chi connectivity index (χ4v) is 4.33. The summed E-state index contributed by atoms with van der Waals surface area (Å²) in [6.45, 7) is 2.70. The van der Waals surface area contributed by atoms with Crippen LogP contribution in [0.5, 0.6) is 0 Å². The van der Waals surface area contributed by atoms with Crippen LogP contribution in [-0.4, -0.2) is 126 Å². The third-order valence-electron chi connectivity index (χ3n) is 6.06. The summed E-state index contributed by atoms with van der Waals surface area (Å²) in [7, 11) is 1.29. The van der Waals surface area contributed by atoms with Crippen LogP contribution in [0.25, 0.3) is 0 Å². The Morgan fingerprint density at radius 3 is 2.14 bits per heavy atom. The monoisotopic (exact) mass is 508 g/mol. The summed E-state index contributed by atoms with van der Waals surface area (Å²) < 4.78 is 33.3. The molecule has 0 saturated carbocycles. The van der Waals surface area contributed by atoms with Gasteiger partial charge in [-0.15, -0.1) is 0 Å². The number of carboxylic acid groups (broad SMARTS) is 1. The summed E-state index contributed by atoms with van der Waals surface area (Å²) in [5.41, 5.74) is 0. The lowest BCUT2D eigenvalue weighted by Gasteiger charge is -2.51. The van der Waals surface area contributed by atoms with Gasteiger partial charge < -0.3 is 59.5 Å². The molecule has 11 atom stereocenters. The topological polar surface area (TPSA) is 212 Å². The Morgan fingerprint density at radius 2 is 1.63 bits per heavy atom. The Bertz CT molecular complexity index is 799. The van der Waals surface area contributed by atoms with Crippen LogP contribution in [-0.2, 0) is 42.8 Å². The maximum atomic E-state index is 11.9. The molecule has 0 spiro atoms. The van der Waals surface area contributed by atoms with Crippen LogP contribution in [0.1, 0.15) is 20.8 Å². The number of aliphatic hydroxyl groups excluding tert-OH is 3. The Morgan fingerprint density at radius 1 is 1.03 bits per heavy atom. The fourth-order valence-electron chi connectivity index (χ4n) is 4.33. The molecule has 3 aliphatic rings. The first-order valence-electron chi connectivity index (χ1n) is 11.0. The van der Waals surface area contributed by atoms with Crippen LogP contribution < -0.4 is 10.6 Å². The number of carboxylic acids is 1. The first-order valence-corrected chi connectivity index (χ1v) is 11.0. The number of hydrogen-bond acceptors (Lipinski definition) is 12. The maximum Gasteiger partial charge on any atom is 0.364 e. The summed E-state index contributed by atoms with van der Waals surface area (Å²) in [5.74, 6) is -4.51. The summed E-state index contributed by atoms with van der Waals surface area (Å²) >= 11 is 0. The van der Waals surface area contributed by atoms with Gasteiger partial charge in [-0.05, 0) is 0 Å². The molecule has 35 heavy (non-hydrogen) atoms. The van der Waals surface area contributed by atoms with Gasteiger partial charge in [0.1, 0.15) is 48.7 Å². The average molecular weight is 508 g/mol. The highest BCUT2D eigenvalue weighted by Crippen LogP contribution is 2.35. The molecular formula is C20H32N2O13. The van der Waals surface area contributed by atoms with Gasteiger partial charge in [-0.3, -0.25) is 9.59 Å². The number of amides is 2. The number of carbonyl (C=O) groups is 3. The van der Waals surface area contributed by atoms with Crippen molar-refractivity contribution in [1.29, 1.82) is 0 Å². The molecule has 0 unspecified atom stereocenters. The number of nitrogens with one attached hydrogen (secondary N) is 2. The van der Waals surface area contributed by atoms with E-state index in [9.17, 15) is 34.8 Å². The second-order valence-corrected chi connectivity index (χ2v) is 8.68. The molecule has 3 heterocycles. The van der Waals surface area contributed by atoms with E-state index in [1.165, 1.54) is 27.9 Å². The predicted octanol–water partition coefficient (Wildman–Crippen LogP) is -3.59. The van der Waals surface area contributed by atoms with Crippen molar-refractivity contribution >= 4 is 17.8 Å². The molecule has 2 amide bonds. The van der Waals surface area contributed by atoms with E-state index in [-0.39, 0.29) is 6.61 Å². The van der Waals surface area contributed by atoms with E-state index in [1.54, 1.807) is 0 Å². The average Bonchev–Trinajstić information content (AvgIpc) is 2.79. The lowest BCUT2D eigenvalue weighted by atomic mass is 9.93. The maximum absolute atomic E-state index is 11.9. The van der Waals surface area contributed by atoms with Gasteiger partial charge in [-0.1, -0.05) is 0 Å². The summed E-state index contributed by atoms with van der Waals surface area (Å²) in [6.07, 6.45) is -10.1. The summed E-state index contributed by atoms with van der Waals surface area (Å²) in [5, 5.41) is 46.2. The third kappa shape index (κ3) is 5.73. The van der Waals surface area contributed by atoms with Crippen LogP contribution >= 0.6 is 0 Å². The molecular weight excluding hydrogens is 476 g/mol. The Hall–Kier alpha value is -1.95. The molecule has 15 nitrogen and oxygen atoms in total. The largest absolute Gasteiger partial charge is 0.477 e. The fraction of sp³-hybridized carbons (Fsp3) is 0.850. The molecule has 3 saturated heterocycles. The van der Waals surface area contributed by atoms with Gasteiger partial charge in [-0.25, -0.2) is 4.79 Å². The van der Waals surface area contributed by atoms with E-state index >= 15 is 0 Å². The standard InChI is InChI=1S/C20H32N2O13/c1-7(24)21-11-13(26)15(9(5-23)32-17(11)30-4)34-18-12(22-8(2)25)14(27)16-10(33-18)6-31-20(3,35-16)19(28)29/h9-18,23,26-27H,5-6H2,1-4H3,(H,21,24)(H,22,25)(H,28,29)/t9-,10-,11-,12+,13-,14-,15-,16-,17-,18+,20+/m1/s1. The van der Waals surface area contributed by atoms with Crippen molar-refractivity contribution < 1.29 is 63.2 Å². The Balaban J connectivity index is 1.85. The Labute approximate surface area is 200 Å². The van der Waals surface area contributed by atoms with E-state index < -0.39 is 91.5 Å². The molecule has 200 valence electrons. The van der Waals surface area contributed by atoms with E-state index in [2.05, 4.69) is 10.6 Å². The highest BCUT2D eigenvalue weighted by atomic mass is 16.8. The SMILES string of the molecule is CO[C@@H]1O[C@H](CO)[C@@H](O[C@@H]2O[C@@H]3CO[C@](C)(C(=O)O)O[C@H]3[C@H](O)[C@@H]2NC(C)=O)[C@H](O)[C@H]1NC(C)=O. The van der Waals surface area contributed by atoms with Gasteiger partial charge >= 0.3 is 5.97 Å². The van der Waals surface area contributed by atoms with Gasteiger partial charge in [0.25, 0.3) is 5.79 Å². The number of aliphatic carboxylic acids is 1. The minimum atomic E-state index is -2.05. The lowest BCUT2D eigenvalue weighted by molar-refractivity contribution is -0.379. The molecule has 0 aliphatic carbocycles. The molecule has 0 radical (unpaired) electrons. The molecule has 0 bridgehead atoms. The van der Waals surface area contributed by atoms with Crippen LogP contribution in [0.2, 0.25) is 0 Å². The van der Waals surface area contributed by atoms with Crippen LogP contribution in [0.4, 0.5) is 0 Å². The quantitative estimate of drug-likeness (QED) is 0.196. The number of methoxy groups -OCH3 is 1. The molecule has 6 N–H and O–H groups in total. The highest BCUT2D eigenvalue weighted by molar-refractivity contribution is 5.75. The van der Waals surface area contributed by atoms with Crippen molar-refractivity contribution in [2.24, 2.45) is 0 Å². The molecule has 0 aromatic rings. The van der Waals surface area contributed by atoms with Crippen molar-refractivity contribution in [3.05, 3.63) is 0 Å². The normalized spacial score (nSPS) is 43.6. The first-order chi connectivity index (χ1) is 16.4. The molecule has 3 rings (SSSR count). The van der Waals surface area contributed by atoms with Crippen molar-refractivity contribution in [3.8, 4) is 0 Å². The van der Waals surface area contributed by atoms with Gasteiger partial charge in [0.15, 0.2) is 12.6 Å². The smallest absolute Gasteiger partial charge is 0.364 e. The van der Waals surface area contributed by atoms with E-state index in [1.807, 2.05) is 0 Å². The molecule has 15 heteroatoms. The highest BCUT2D eigenvalue weighted by Gasteiger charge is 2.56. The number of aliphatic hydroxyl groups is 3. The van der Waals surface area contributed by atoms with Crippen molar-refractivity contribution in [3.63, 3.8) is 0 Å². The van der Waals surface area contributed by atoms with Crippen molar-refractivity contribution in [1.82, 2.24) is 10.6 Å². The van der Waals surface area contributed by atoms with Gasteiger partial charge in [0, 0.05) is 27.9 Å². The predicted molar refractivity (Wildman–Crippen MR) is 110 cm³/mol. The number of rotatable bonds is 7. The van der Waals surface area contributed by atoms with Gasteiger partial charge in [0.05, 0.1) is 13.2 Å². The zero-order chi connectivity index (χ0) is 26.1. The van der Waals surface area contributed by atoms with Gasteiger partial charge in [0.2, 0.25) is 11.8 Å². The zero-order valence-corrected chi connectivity index (χ0v) is 19.7. The van der Waals surface area contributed by atoms with E-state index in [0.717, 1.165) is 0 Å². The number of ether oxygens (including phenoxy) is 6. The molecule has 3 fully saturated rings. The van der Waals surface area contributed by atoms with Crippen molar-refractivity contribution in [2.45, 2.75) is 87.8 Å². The number of fused-ring (bicyclic) bond motifs is 1. The first kappa shape index (κ1) is 27.6. The minimum absolute atomic E-state index is 0.287. The molecule has 0 aromatic heterocycles. The molecule has 3 aliphatic heterocycles. The third-order valence-corrected chi connectivity index (χ3v) is 6.06. The van der Waals surface area contributed by atoms with E-state index in [4.69, 9.17) is 28.4 Å². The van der Waals surface area contributed by atoms with Crippen LogP contribution in [0.15, 0.2) is 0 Å². The van der Waals surface area contributed by atoms with Crippen molar-refractivity contribution in [2.75, 3.05) is 20.3 Å². The summed E-state index contributed by atoms with van der Waals surface area (Å²) in [4.78, 5) is 35.0.